The summed E-state index contributed by atoms with van der Waals surface area (Å²) >= 11 is 0. The topological polar surface area (TPSA) is 54.0 Å². The molecule has 1 amide bonds. The van der Waals surface area contributed by atoms with E-state index in [1.54, 1.807) is 6.20 Å². The number of rotatable bonds is 8. The first-order chi connectivity index (χ1) is 8.72. The summed E-state index contributed by atoms with van der Waals surface area (Å²) in [5.41, 5.74) is 1.08. The van der Waals surface area contributed by atoms with Crippen molar-refractivity contribution >= 4 is 5.91 Å². The standard InChI is InChI=1S/C14H23N3O/c1-3-12(2)17-14(18)8-11-15-10-7-13-6-4-5-9-16-13/h4-6,9,12,15H,3,7-8,10-11H2,1-2H3,(H,17,18). The zero-order valence-electron chi connectivity index (χ0n) is 11.3. The summed E-state index contributed by atoms with van der Waals surface area (Å²) in [6.45, 7) is 5.66. The van der Waals surface area contributed by atoms with Gasteiger partial charge in [0.25, 0.3) is 0 Å². The minimum absolute atomic E-state index is 0.120. The second kappa shape index (κ2) is 8.64. The van der Waals surface area contributed by atoms with Crippen molar-refractivity contribution in [3.05, 3.63) is 30.1 Å². The molecule has 4 nitrogen and oxygen atoms in total. The molecule has 1 aromatic heterocycles. The van der Waals surface area contributed by atoms with E-state index in [0.29, 0.717) is 6.42 Å². The quantitative estimate of drug-likeness (QED) is 0.687. The van der Waals surface area contributed by atoms with Crippen LogP contribution in [0.4, 0.5) is 0 Å². The summed E-state index contributed by atoms with van der Waals surface area (Å²) in [6, 6.07) is 6.18. The number of nitrogens with zero attached hydrogens (tertiary/aromatic N) is 1. The number of hydrogen-bond acceptors (Lipinski definition) is 3. The van der Waals surface area contributed by atoms with Crippen LogP contribution in [0.15, 0.2) is 24.4 Å². The van der Waals surface area contributed by atoms with Crippen LogP contribution in [-0.2, 0) is 11.2 Å². The molecule has 0 saturated carbocycles. The molecule has 18 heavy (non-hydrogen) atoms. The van der Waals surface area contributed by atoms with Crippen molar-refractivity contribution in [1.82, 2.24) is 15.6 Å². The van der Waals surface area contributed by atoms with Gasteiger partial charge in [0.05, 0.1) is 0 Å². The van der Waals surface area contributed by atoms with E-state index in [4.69, 9.17) is 0 Å². The lowest BCUT2D eigenvalue weighted by Crippen LogP contribution is -2.34. The summed E-state index contributed by atoms with van der Waals surface area (Å²) in [7, 11) is 0. The number of hydrogen-bond donors (Lipinski definition) is 2. The highest BCUT2D eigenvalue weighted by atomic mass is 16.1. The van der Waals surface area contributed by atoms with E-state index >= 15 is 0 Å². The molecule has 0 fully saturated rings. The first kappa shape index (κ1) is 14.6. The predicted molar refractivity (Wildman–Crippen MR) is 73.3 cm³/mol. The Balaban J connectivity index is 2.03. The minimum atomic E-state index is 0.120. The second-order valence-electron chi connectivity index (χ2n) is 4.45. The molecule has 4 heteroatoms. The summed E-state index contributed by atoms with van der Waals surface area (Å²) in [5, 5.41) is 6.20. The highest BCUT2D eigenvalue weighted by Crippen LogP contribution is 1.93. The highest BCUT2D eigenvalue weighted by molar-refractivity contribution is 5.76. The summed E-state index contributed by atoms with van der Waals surface area (Å²) in [4.78, 5) is 15.7. The average Bonchev–Trinajstić information content (AvgIpc) is 2.39. The molecule has 0 aliphatic heterocycles. The van der Waals surface area contributed by atoms with Crippen LogP contribution in [0.2, 0.25) is 0 Å². The normalized spacial score (nSPS) is 12.1. The van der Waals surface area contributed by atoms with Gasteiger partial charge < -0.3 is 10.6 Å². The minimum Gasteiger partial charge on any atom is -0.354 e. The molecule has 0 spiro atoms. The van der Waals surface area contributed by atoms with Gasteiger partial charge in [0.15, 0.2) is 0 Å². The Morgan fingerprint density at radius 2 is 2.22 bits per heavy atom. The maximum atomic E-state index is 11.5. The summed E-state index contributed by atoms with van der Waals surface area (Å²) in [6.07, 6.45) is 4.20. The van der Waals surface area contributed by atoms with E-state index in [1.807, 2.05) is 25.1 Å². The largest absolute Gasteiger partial charge is 0.354 e. The maximum absolute atomic E-state index is 11.5. The Kier molecular flexibility index (Phi) is 7.03. The van der Waals surface area contributed by atoms with Gasteiger partial charge in [-0.25, -0.2) is 0 Å². The van der Waals surface area contributed by atoms with Gasteiger partial charge in [0, 0.05) is 43.9 Å². The monoisotopic (exact) mass is 249 g/mol. The third-order valence-corrected chi connectivity index (χ3v) is 2.83. The first-order valence-electron chi connectivity index (χ1n) is 6.62. The fourth-order valence-corrected chi connectivity index (χ4v) is 1.54. The van der Waals surface area contributed by atoms with Crippen LogP contribution < -0.4 is 10.6 Å². The van der Waals surface area contributed by atoms with Gasteiger partial charge in [-0.3, -0.25) is 9.78 Å². The number of pyridine rings is 1. The van der Waals surface area contributed by atoms with Gasteiger partial charge in [-0.2, -0.15) is 0 Å². The van der Waals surface area contributed by atoms with Gasteiger partial charge in [0.2, 0.25) is 5.91 Å². The Bertz CT molecular complexity index is 340. The fourth-order valence-electron chi connectivity index (χ4n) is 1.54. The maximum Gasteiger partial charge on any atom is 0.221 e. The van der Waals surface area contributed by atoms with E-state index in [9.17, 15) is 4.79 Å². The molecule has 0 bridgehead atoms. The predicted octanol–water partition coefficient (Wildman–Crippen LogP) is 1.52. The molecule has 0 aliphatic carbocycles. The van der Waals surface area contributed by atoms with Crippen molar-refractivity contribution in [1.29, 1.82) is 0 Å². The van der Waals surface area contributed by atoms with Crippen molar-refractivity contribution in [2.24, 2.45) is 0 Å². The lowest BCUT2D eigenvalue weighted by Gasteiger charge is -2.11. The van der Waals surface area contributed by atoms with Crippen molar-refractivity contribution < 1.29 is 4.79 Å². The van der Waals surface area contributed by atoms with E-state index in [1.165, 1.54) is 0 Å². The van der Waals surface area contributed by atoms with Gasteiger partial charge in [-0.15, -0.1) is 0 Å². The van der Waals surface area contributed by atoms with Crippen LogP contribution in [-0.4, -0.2) is 30.0 Å². The first-order valence-corrected chi connectivity index (χ1v) is 6.62. The van der Waals surface area contributed by atoms with Crippen LogP contribution in [0.5, 0.6) is 0 Å². The molecule has 1 rings (SSSR count). The fraction of sp³-hybridized carbons (Fsp3) is 0.571. The second-order valence-corrected chi connectivity index (χ2v) is 4.45. The van der Waals surface area contributed by atoms with Crippen LogP contribution in [0.3, 0.4) is 0 Å². The van der Waals surface area contributed by atoms with Crippen molar-refractivity contribution in [3.8, 4) is 0 Å². The van der Waals surface area contributed by atoms with Gasteiger partial charge in [-0.05, 0) is 25.5 Å². The third-order valence-electron chi connectivity index (χ3n) is 2.83. The van der Waals surface area contributed by atoms with E-state index < -0.39 is 0 Å². The number of carbonyl (C=O) groups excluding carboxylic acids is 1. The number of nitrogens with one attached hydrogen (secondary N) is 2. The van der Waals surface area contributed by atoms with E-state index in [0.717, 1.165) is 31.6 Å². The zero-order chi connectivity index (χ0) is 13.2. The molecule has 0 aliphatic rings. The lowest BCUT2D eigenvalue weighted by molar-refractivity contribution is -0.121. The molecule has 1 unspecified atom stereocenters. The highest BCUT2D eigenvalue weighted by Gasteiger charge is 2.04. The number of amides is 1. The molecule has 0 aromatic carbocycles. The Labute approximate surface area is 109 Å². The van der Waals surface area contributed by atoms with Crippen molar-refractivity contribution in [2.75, 3.05) is 13.1 Å². The molecule has 2 N–H and O–H groups in total. The van der Waals surface area contributed by atoms with Crippen LogP contribution in [0.25, 0.3) is 0 Å². The third kappa shape index (κ3) is 6.35. The van der Waals surface area contributed by atoms with Gasteiger partial charge in [-0.1, -0.05) is 13.0 Å². The molecular formula is C14H23N3O. The smallest absolute Gasteiger partial charge is 0.221 e. The van der Waals surface area contributed by atoms with Crippen molar-refractivity contribution in [2.45, 2.75) is 39.2 Å². The van der Waals surface area contributed by atoms with E-state index in [2.05, 4.69) is 22.5 Å². The summed E-state index contributed by atoms with van der Waals surface area (Å²) < 4.78 is 0. The molecule has 1 aromatic rings. The van der Waals surface area contributed by atoms with E-state index in [-0.39, 0.29) is 11.9 Å². The molecule has 0 radical (unpaired) electrons. The average molecular weight is 249 g/mol. The van der Waals surface area contributed by atoms with Crippen LogP contribution >= 0.6 is 0 Å². The van der Waals surface area contributed by atoms with Gasteiger partial charge in [0.1, 0.15) is 0 Å². The molecular weight excluding hydrogens is 226 g/mol. The van der Waals surface area contributed by atoms with Gasteiger partial charge >= 0.3 is 0 Å². The molecule has 0 saturated heterocycles. The Hall–Kier alpha value is -1.42. The summed E-state index contributed by atoms with van der Waals surface area (Å²) in [5.74, 6) is 0.120. The number of carbonyl (C=O) groups is 1. The molecule has 100 valence electrons. The lowest BCUT2D eigenvalue weighted by atomic mass is 10.2. The molecule has 1 heterocycles. The Morgan fingerprint density at radius 3 is 2.89 bits per heavy atom. The molecule has 1 atom stereocenters. The number of aromatic nitrogens is 1. The SMILES string of the molecule is CCC(C)NC(=O)CCNCCc1ccccn1. The van der Waals surface area contributed by atoms with Crippen LogP contribution in [0, 0.1) is 0 Å². The zero-order valence-corrected chi connectivity index (χ0v) is 11.3. The van der Waals surface area contributed by atoms with Crippen molar-refractivity contribution in [3.63, 3.8) is 0 Å². The Morgan fingerprint density at radius 1 is 1.39 bits per heavy atom. The van der Waals surface area contributed by atoms with Crippen LogP contribution in [0.1, 0.15) is 32.4 Å².